The van der Waals surface area contributed by atoms with Crippen molar-refractivity contribution in [2.24, 2.45) is 5.22 Å². The highest BCUT2D eigenvalue weighted by molar-refractivity contribution is 5.76. The van der Waals surface area contributed by atoms with E-state index in [-0.39, 0.29) is 0 Å². The van der Waals surface area contributed by atoms with Crippen LogP contribution in [0.2, 0.25) is 0 Å². The second-order valence-corrected chi connectivity index (χ2v) is 6.05. The van der Waals surface area contributed by atoms with Gasteiger partial charge in [-0.3, -0.25) is 0 Å². The van der Waals surface area contributed by atoms with Crippen molar-refractivity contribution < 1.29 is 0 Å². The Labute approximate surface area is 137 Å². The Kier molecular flexibility index (Phi) is 3.87. The first kappa shape index (κ1) is 15.2. The van der Waals surface area contributed by atoms with E-state index >= 15 is 0 Å². The summed E-state index contributed by atoms with van der Waals surface area (Å²) in [4.78, 5) is 0. The second kappa shape index (κ2) is 5.84. The molecule has 0 unspecified atom stereocenters. The summed E-state index contributed by atoms with van der Waals surface area (Å²) < 4.78 is 1.74. The van der Waals surface area contributed by atoms with Gasteiger partial charge in [-0.25, -0.2) is 4.68 Å². The molecular weight excluding hydrogens is 282 g/mol. The fourth-order valence-electron chi connectivity index (χ4n) is 3.35. The minimum atomic E-state index is 0.966. The van der Waals surface area contributed by atoms with Crippen molar-refractivity contribution in [1.29, 1.82) is 5.53 Å². The minimum absolute atomic E-state index is 0.966. The largest absolute Gasteiger partial charge is 0.214 e. The zero-order valence-electron chi connectivity index (χ0n) is 14.0. The van der Waals surface area contributed by atoms with E-state index in [1.54, 1.807) is 4.68 Å². The summed E-state index contributed by atoms with van der Waals surface area (Å²) in [5, 5.41) is 3.81. The number of benzene rings is 2. The Hall–Kier alpha value is -2.68. The summed E-state index contributed by atoms with van der Waals surface area (Å²) in [5.74, 6) is 0. The van der Waals surface area contributed by atoms with Gasteiger partial charge in [-0.2, -0.15) is 5.53 Å². The van der Waals surface area contributed by atoms with Gasteiger partial charge in [0.1, 0.15) is 0 Å². The van der Waals surface area contributed by atoms with Crippen LogP contribution in [0.5, 0.6) is 0 Å². The molecule has 0 aliphatic heterocycles. The molecule has 3 rings (SSSR count). The quantitative estimate of drug-likeness (QED) is 0.590. The zero-order chi connectivity index (χ0) is 16.6. The van der Waals surface area contributed by atoms with Crippen LogP contribution in [-0.2, 0) is 0 Å². The number of aryl methyl sites for hydroxylation is 4. The molecule has 0 saturated heterocycles. The summed E-state index contributed by atoms with van der Waals surface area (Å²) >= 11 is 0. The standard InChI is InChI=1S/C20H21N3/c1-13-7-5-8-14(2)19(13)17-11-12-18(23(17)22-21)20-15(3)9-6-10-16(20)4/h5-12,21H,1-4H3. The van der Waals surface area contributed by atoms with E-state index < -0.39 is 0 Å². The van der Waals surface area contributed by atoms with Crippen LogP contribution < -0.4 is 0 Å². The second-order valence-electron chi connectivity index (χ2n) is 6.05. The Balaban J connectivity index is 2.29. The zero-order valence-corrected chi connectivity index (χ0v) is 14.0. The predicted molar refractivity (Wildman–Crippen MR) is 94.8 cm³/mol. The van der Waals surface area contributed by atoms with Crippen LogP contribution in [0, 0.1) is 33.2 Å². The first-order chi connectivity index (χ1) is 11.0. The third kappa shape index (κ3) is 2.48. The van der Waals surface area contributed by atoms with Crippen molar-refractivity contribution >= 4 is 0 Å². The van der Waals surface area contributed by atoms with Gasteiger partial charge in [0.25, 0.3) is 0 Å². The van der Waals surface area contributed by atoms with Gasteiger partial charge in [-0.1, -0.05) is 41.6 Å². The lowest BCUT2D eigenvalue weighted by Crippen LogP contribution is -1.99. The Morgan fingerprint density at radius 3 is 1.30 bits per heavy atom. The van der Waals surface area contributed by atoms with Gasteiger partial charge in [0, 0.05) is 11.1 Å². The number of rotatable bonds is 3. The molecular formula is C20H21N3. The summed E-state index contributed by atoms with van der Waals surface area (Å²) in [7, 11) is 0. The van der Waals surface area contributed by atoms with Crippen molar-refractivity contribution in [3.05, 3.63) is 70.8 Å². The van der Waals surface area contributed by atoms with Crippen molar-refractivity contribution in [3.63, 3.8) is 0 Å². The highest BCUT2D eigenvalue weighted by Gasteiger charge is 2.17. The first-order valence-electron chi connectivity index (χ1n) is 7.77. The fourth-order valence-corrected chi connectivity index (χ4v) is 3.35. The molecule has 0 saturated carbocycles. The topological polar surface area (TPSA) is 41.1 Å². The Morgan fingerprint density at radius 1 is 0.652 bits per heavy atom. The molecule has 3 heteroatoms. The molecule has 0 spiro atoms. The molecule has 1 aromatic heterocycles. The van der Waals surface area contributed by atoms with E-state index in [1.807, 2.05) is 0 Å². The van der Waals surface area contributed by atoms with Gasteiger partial charge in [-0.15, -0.1) is 0 Å². The third-order valence-electron chi connectivity index (χ3n) is 4.43. The molecule has 3 aromatic rings. The molecule has 116 valence electrons. The highest BCUT2D eigenvalue weighted by atomic mass is 15.4. The van der Waals surface area contributed by atoms with E-state index in [1.165, 1.54) is 22.3 Å². The lowest BCUT2D eigenvalue weighted by atomic mass is 10.0. The summed E-state index contributed by atoms with van der Waals surface area (Å²) in [6.07, 6.45) is 0. The van der Waals surface area contributed by atoms with Gasteiger partial charge in [-0.05, 0) is 62.1 Å². The maximum Gasteiger partial charge on any atom is 0.0748 e. The molecule has 1 N–H and O–H groups in total. The summed E-state index contributed by atoms with van der Waals surface area (Å²) in [6, 6.07) is 16.6. The van der Waals surface area contributed by atoms with Gasteiger partial charge < -0.3 is 0 Å². The van der Waals surface area contributed by atoms with Crippen LogP contribution in [0.1, 0.15) is 22.3 Å². The molecule has 0 aliphatic rings. The average molecular weight is 303 g/mol. The lowest BCUT2D eigenvalue weighted by Gasteiger charge is -2.14. The SMILES string of the molecule is Cc1cccc(C)c1-c1ccc(-c2c(C)cccc2C)n1N=N. The molecule has 1 heterocycles. The van der Waals surface area contributed by atoms with Crippen LogP contribution in [0.3, 0.4) is 0 Å². The van der Waals surface area contributed by atoms with Crippen molar-refractivity contribution in [2.45, 2.75) is 27.7 Å². The first-order valence-corrected chi connectivity index (χ1v) is 7.77. The number of hydrogen-bond donors (Lipinski definition) is 1. The minimum Gasteiger partial charge on any atom is -0.214 e. The van der Waals surface area contributed by atoms with Gasteiger partial charge in [0.05, 0.1) is 11.4 Å². The van der Waals surface area contributed by atoms with Crippen LogP contribution in [0.15, 0.2) is 53.8 Å². The fraction of sp³-hybridized carbons (Fsp3) is 0.200. The maximum atomic E-state index is 7.71. The van der Waals surface area contributed by atoms with Gasteiger partial charge in [0.2, 0.25) is 0 Å². The molecule has 0 atom stereocenters. The molecule has 23 heavy (non-hydrogen) atoms. The van der Waals surface area contributed by atoms with Gasteiger partial charge in [0.15, 0.2) is 0 Å². The van der Waals surface area contributed by atoms with E-state index in [2.05, 4.69) is 81.4 Å². The molecule has 3 nitrogen and oxygen atoms in total. The molecule has 2 aromatic carbocycles. The Morgan fingerprint density at radius 2 is 1.00 bits per heavy atom. The summed E-state index contributed by atoms with van der Waals surface area (Å²) in [6.45, 7) is 8.40. The Bertz CT molecular complexity index is 778. The third-order valence-corrected chi connectivity index (χ3v) is 4.43. The van der Waals surface area contributed by atoms with Crippen LogP contribution in [-0.4, -0.2) is 4.68 Å². The smallest absolute Gasteiger partial charge is 0.0748 e. The van der Waals surface area contributed by atoms with Crippen molar-refractivity contribution in [1.82, 2.24) is 4.68 Å². The van der Waals surface area contributed by atoms with E-state index in [9.17, 15) is 0 Å². The van der Waals surface area contributed by atoms with E-state index in [0.29, 0.717) is 0 Å². The van der Waals surface area contributed by atoms with Crippen molar-refractivity contribution in [3.8, 4) is 22.5 Å². The predicted octanol–water partition coefficient (Wildman–Crippen LogP) is 5.85. The molecule has 0 radical (unpaired) electrons. The number of hydrogen-bond acceptors (Lipinski definition) is 2. The molecule has 0 fully saturated rings. The average Bonchev–Trinajstić information content (AvgIpc) is 2.90. The van der Waals surface area contributed by atoms with E-state index in [0.717, 1.165) is 22.5 Å². The monoisotopic (exact) mass is 303 g/mol. The maximum absolute atomic E-state index is 7.71. The molecule has 0 bridgehead atoms. The normalized spacial score (nSPS) is 10.8. The highest BCUT2D eigenvalue weighted by Crippen LogP contribution is 2.35. The number of aromatic nitrogens is 1. The van der Waals surface area contributed by atoms with Crippen LogP contribution in [0.4, 0.5) is 0 Å². The van der Waals surface area contributed by atoms with Crippen LogP contribution >= 0.6 is 0 Å². The molecule has 0 amide bonds. The lowest BCUT2D eigenvalue weighted by molar-refractivity contribution is 0.785. The summed E-state index contributed by atoms with van der Waals surface area (Å²) in [5.41, 5.74) is 16.7. The number of nitrogens with one attached hydrogen (secondary N) is 1. The van der Waals surface area contributed by atoms with E-state index in [4.69, 9.17) is 5.53 Å². The molecule has 0 aliphatic carbocycles. The van der Waals surface area contributed by atoms with Crippen LogP contribution in [0.25, 0.3) is 22.5 Å². The van der Waals surface area contributed by atoms with Crippen molar-refractivity contribution in [2.75, 3.05) is 0 Å². The van der Waals surface area contributed by atoms with Gasteiger partial charge >= 0.3 is 0 Å². The number of nitrogens with zero attached hydrogens (tertiary/aromatic N) is 2.